The van der Waals surface area contributed by atoms with Crippen LogP contribution in [0.2, 0.25) is 0 Å². The smallest absolute Gasteiger partial charge is 0.308 e. The standard InChI is InChI=1S/C12H15N3O3/c1-14-10(5-9(13-14)7-2-3-7)15-6-8(12(17)18)4-11(15)16/h5,7-8H,2-4,6H2,1H3,(H,17,18). The molecule has 2 aliphatic rings. The molecule has 0 bridgehead atoms. The molecular weight excluding hydrogens is 234 g/mol. The number of hydrogen-bond donors (Lipinski definition) is 1. The van der Waals surface area contributed by atoms with E-state index in [1.54, 1.807) is 11.7 Å². The average molecular weight is 249 g/mol. The van der Waals surface area contributed by atoms with Crippen molar-refractivity contribution in [1.82, 2.24) is 9.78 Å². The van der Waals surface area contributed by atoms with Gasteiger partial charge in [-0.25, -0.2) is 0 Å². The molecule has 1 aliphatic heterocycles. The molecule has 1 atom stereocenters. The van der Waals surface area contributed by atoms with Gasteiger partial charge >= 0.3 is 5.97 Å². The first-order valence-electron chi connectivity index (χ1n) is 6.13. The Balaban J connectivity index is 1.86. The van der Waals surface area contributed by atoms with E-state index in [4.69, 9.17) is 5.11 Å². The van der Waals surface area contributed by atoms with E-state index in [1.165, 1.54) is 4.90 Å². The Labute approximate surface area is 104 Å². The first kappa shape index (κ1) is 11.3. The third kappa shape index (κ3) is 1.77. The number of rotatable bonds is 3. The molecule has 18 heavy (non-hydrogen) atoms. The third-order valence-corrected chi connectivity index (χ3v) is 3.62. The van der Waals surface area contributed by atoms with Crippen molar-refractivity contribution in [2.75, 3.05) is 11.4 Å². The van der Waals surface area contributed by atoms with Gasteiger partial charge in [0.2, 0.25) is 5.91 Å². The molecule has 1 aromatic rings. The van der Waals surface area contributed by atoms with E-state index >= 15 is 0 Å². The van der Waals surface area contributed by atoms with Crippen LogP contribution in [-0.4, -0.2) is 33.3 Å². The molecule has 2 heterocycles. The van der Waals surface area contributed by atoms with Crippen LogP contribution in [0, 0.1) is 5.92 Å². The zero-order valence-electron chi connectivity index (χ0n) is 10.2. The number of aromatic nitrogens is 2. The molecule has 1 unspecified atom stereocenters. The minimum Gasteiger partial charge on any atom is -0.481 e. The molecule has 0 aromatic carbocycles. The quantitative estimate of drug-likeness (QED) is 0.857. The topological polar surface area (TPSA) is 75.4 Å². The summed E-state index contributed by atoms with van der Waals surface area (Å²) < 4.78 is 1.68. The lowest BCUT2D eigenvalue weighted by Crippen LogP contribution is -2.27. The second-order valence-corrected chi connectivity index (χ2v) is 5.07. The molecule has 1 aromatic heterocycles. The van der Waals surface area contributed by atoms with Gasteiger partial charge in [0.05, 0.1) is 11.6 Å². The summed E-state index contributed by atoms with van der Waals surface area (Å²) in [7, 11) is 1.79. The second kappa shape index (κ2) is 3.83. The van der Waals surface area contributed by atoms with Gasteiger partial charge in [0, 0.05) is 32.0 Å². The first-order valence-corrected chi connectivity index (χ1v) is 6.13. The van der Waals surface area contributed by atoms with E-state index in [9.17, 15) is 9.59 Å². The second-order valence-electron chi connectivity index (χ2n) is 5.07. The Morgan fingerprint density at radius 1 is 1.50 bits per heavy atom. The number of carboxylic acid groups (broad SMARTS) is 1. The van der Waals surface area contributed by atoms with Crippen molar-refractivity contribution < 1.29 is 14.7 Å². The zero-order valence-corrected chi connectivity index (χ0v) is 10.2. The molecule has 6 nitrogen and oxygen atoms in total. The molecule has 0 spiro atoms. The highest BCUT2D eigenvalue weighted by atomic mass is 16.4. The highest BCUT2D eigenvalue weighted by molar-refractivity contribution is 5.98. The van der Waals surface area contributed by atoms with Crippen LogP contribution in [0.25, 0.3) is 0 Å². The summed E-state index contributed by atoms with van der Waals surface area (Å²) in [5, 5.41) is 13.4. The number of amides is 1. The Kier molecular flexibility index (Phi) is 2.39. The normalized spacial score (nSPS) is 23.7. The molecule has 3 rings (SSSR count). The van der Waals surface area contributed by atoms with Crippen LogP contribution in [0.15, 0.2) is 6.07 Å². The number of hydrogen-bond acceptors (Lipinski definition) is 3. The summed E-state index contributed by atoms with van der Waals surface area (Å²) in [5.74, 6) is -0.400. The largest absolute Gasteiger partial charge is 0.481 e. The van der Waals surface area contributed by atoms with E-state index in [1.807, 2.05) is 6.07 Å². The van der Waals surface area contributed by atoms with Crippen LogP contribution in [0.1, 0.15) is 30.9 Å². The summed E-state index contributed by atoms with van der Waals surface area (Å²) in [6.45, 7) is 0.248. The van der Waals surface area contributed by atoms with E-state index in [-0.39, 0.29) is 18.9 Å². The van der Waals surface area contributed by atoms with Crippen LogP contribution < -0.4 is 4.90 Å². The van der Waals surface area contributed by atoms with Crippen molar-refractivity contribution in [2.45, 2.75) is 25.2 Å². The molecule has 2 fully saturated rings. The number of carbonyl (C=O) groups excluding carboxylic acids is 1. The van der Waals surface area contributed by atoms with E-state index in [2.05, 4.69) is 5.10 Å². The predicted octanol–water partition coefficient (Wildman–Crippen LogP) is 0.735. The summed E-state index contributed by atoms with van der Waals surface area (Å²) in [6, 6.07) is 1.92. The maximum Gasteiger partial charge on any atom is 0.308 e. The van der Waals surface area contributed by atoms with Crippen molar-refractivity contribution in [3.63, 3.8) is 0 Å². The molecule has 1 saturated carbocycles. The number of carbonyl (C=O) groups is 2. The first-order chi connectivity index (χ1) is 8.56. The number of aryl methyl sites for hydroxylation is 1. The highest BCUT2D eigenvalue weighted by Crippen LogP contribution is 2.40. The van der Waals surface area contributed by atoms with E-state index in [0.717, 1.165) is 18.5 Å². The lowest BCUT2D eigenvalue weighted by Gasteiger charge is -2.15. The summed E-state index contributed by atoms with van der Waals surface area (Å²) in [5.41, 5.74) is 1.01. The van der Waals surface area contributed by atoms with Gasteiger partial charge in [0.1, 0.15) is 5.82 Å². The Bertz CT molecular complexity index is 519. The molecular formula is C12H15N3O3. The van der Waals surface area contributed by atoms with Crippen LogP contribution in [0.4, 0.5) is 5.82 Å². The number of carboxylic acids is 1. The van der Waals surface area contributed by atoms with Gasteiger partial charge in [-0.05, 0) is 12.8 Å². The van der Waals surface area contributed by atoms with Crippen LogP contribution in [0.5, 0.6) is 0 Å². The fourth-order valence-corrected chi connectivity index (χ4v) is 2.40. The van der Waals surface area contributed by atoms with Gasteiger partial charge in [0.25, 0.3) is 0 Å². The third-order valence-electron chi connectivity index (χ3n) is 3.62. The zero-order chi connectivity index (χ0) is 12.9. The van der Waals surface area contributed by atoms with Crippen molar-refractivity contribution in [3.05, 3.63) is 11.8 Å². The van der Waals surface area contributed by atoms with Gasteiger partial charge < -0.3 is 5.11 Å². The summed E-state index contributed by atoms with van der Waals surface area (Å²) >= 11 is 0. The van der Waals surface area contributed by atoms with Gasteiger partial charge in [-0.2, -0.15) is 5.10 Å². The van der Waals surface area contributed by atoms with Crippen molar-refractivity contribution >= 4 is 17.7 Å². The fourth-order valence-electron chi connectivity index (χ4n) is 2.40. The molecule has 1 amide bonds. The van der Waals surface area contributed by atoms with Gasteiger partial charge in [0.15, 0.2) is 0 Å². The predicted molar refractivity (Wildman–Crippen MR) is 63.3 cm³/mol. The van der Waals surface area contributed by atoms with E-state index in [0.29, 0.717) is 11.7 Å². The molecule has 96 valence electrons. The Morgan fingerprint density at radius 3 is 2.78 bits per heavy atom. The van der Waals surface area contributed by atoms with Crippen LogP contribution >= 0.6 is 0 Å². The molecule has 6 heteroatoms. The maximum atomic E-state index is 11.9. The van der Waals surface area contributed by atoms with Crippen molar-refractivity contribution in [3.8, 4) is 0 Å². The molecule has 1 aliphatic carbocycles. The SMILES string of the molecule is Cn1nc(C2CC2)cc1N1CC(C(=O)O)CC1=O. The number of aliphatic carboxylic acids is 1. The van der Waals surface area contributed by atoms with E-state index < -0.39 is 11.9 Å². The summed E-state index contributed by atoms with van der Waals surface area (Å²) in [4.78, 5) is 24.3. The minimum atomic E-state index is -0.907. The molecule has 1 N–H and O–H groups in total. The van der Waals surface area contributed by atoms with Crippen LogP contribution in [0.3, 0.4) is 0 Å². The lowest BCUT2D eigenvalue weighted by atomic mass is 10.1. The fraction of sp³-hybridized carbons (Fsp3) is 0.583. The van der Waals surface area contributed by atoms with Gasteiger partial charge in [-0.15, -0.1) is 0 Å². The van der Waals surface area contributed by atoms with Crippen molar-refractivity contribution in [1.29, 1.82) is 0 Å². The lowest BCUT2D eigenvalue weighted by molar-refractivity contribution is -0.141. The monoisotopic (exact) mass is 249 g/mol. The number of anilines is 1. The highest BCUT2D eigenvalue weighted by Gasteiger charge is 2.37. The average Bonchev–Trinajstić information content (AvgIpc) is 2.99. The minimum absolute atomic E-state index is 0.0826. The Hall–Kier alpha value is -1.85. The van der Waals surface area contributed by atoms with Crippen molar-refractivity contribution in [2.24, 2.45) is 13.0 Å². The van der Waals surface area contributed by atoms with Gasteiger partial charge in [-0.1, -0.05) is 0 Å². The molecule has 1 saturated heterocycles. The summed E-state index contributed by atoms with van der Waals surface area (Å²) in [6.07, 6.45) is 2.39. The maximum absolute atomic E-state index is 11.9. The van der Waals surface area contributed by atoms with Gasteiger partial charge in [-0.3, -0.25) is 19.2 Å². The van der Waals surface area contributed by atoms with Crippen LogP contribution in [-0.2, 0) is 16.6 Å². The Morgan fingerprint density at radius 2 is 2.22 bits per heavy atom. The molecule has 0 radical (unpaired) electrons. The number of nitrogens with zero attached hydrogens (tertiary/aromatic N) is 3.